The molecule has 0 bridgehead atoms. The molecule has 0 aliphatic rings. The average molecular weight is 423 g/mol. The monoisotopic (exact) mass is 422 g/mol. The Hall–Kier alpha value is -1.87. The van der Waals surface area contributed by atoms with Gasteiger partial charge in [0.2, 0.25) is 0 Å². The van der Waals surface area contributed by atoms with Crippen molar-refractivity contribution < 1.29 is 38.9 Å². The summed E-state index contributed by atoms with van der Waals surface area (Å²) in [4.78, 5) is 43.6. The molecule has 0 fully saturated rings. The van der Waals surface area contributed by atoms with Gasteiger partial charge in [0, 0.05) is 12.2 Å². The molecule has 9 heteroatoms. The number of hydrogen-bond acceptors (Lipinski definition) is 8. The van der Waals surface area contributed by atoms with Gasteiger partial charge in [0.15, 0.2) is 0 Å². The second-order valence-electron chi connectivity index (χ2n) is 6.38. The van der Waals surface area contributed by atoms with Crippen LogP contribution in [0.1, 0.15) is 67.2 Å². The van der Waals surface area contributed by atoms with Gasteiger partial charge in [0.25, 0.3) is 0 Å². The van der Waals surface area contributed by atoms with Crippen molar-refractivity contribution >= 4 is 46.9 Å². The fraction of sp³-hybridized carbons (Fsp3) is 0.600. The number of carboxylic acids is 2. The summed E-state index contributed by atoms with van der Waals surface area (Å²) in [6, 6.07) is 0. The van der Waals surface area contributed by atoms with Crippen LogP contribution in [0.25, 0.3) is 0 Å². The largest absolute Gasteiger partial charge is 2.00 e. The third kappa shape index (κ3) is 13.1. The first-order chi connectivity index (χ1) is 12.9. The molecule has 0 saturated heterocycles. The summed E-state index contributed by atoms with van der Waals surface area (Å²) in [5.74, 6) is -4.05. The Morgan fingerprint density at radius 1 is 0.759 bits per heavy atom. The average Bonchev–Trinajstić information content (AvgIpc) is 2.55. The minimum Gasteiger partial charge on any atom is -0.546 e. The SMILES string of the molecule is CC=CC(=O)OC(C)(CCC)C(=O)[O-].CC=CC(=O)OC(C)(CCC)C(=O)[O-].[Mg+2]. The maximum Gasteiger partial charge on any atom is 2.00 e. The molecule has 160 valence electrons. The van der Waals surface area contributed by atoms with Crippen molar-refractivity contribution in [3.63, 3.8) is 0 Å². The molecule has 0 aromatic rings. The Kier molecular flexibility index (Phi) is 17.5. The van der Waals surface area contributed by atoms with Crippen LogP contribution >= 0.6 is 0 Å². The van der Waals surface area contributed by atoms with E-state index in [2.05, 4.69) is 0 Å². The Balaban J connectivity index is -0.000000451. The first-order valence-electron chi connectivity index (χ1n) is 9.06. The molecule has 0 aliphatic carbocycles. The van der Waals surface area contributed by atoms with Crippen LogP contribution in [-0.2, 0) is 28.7 Å². The molecular weight excluding hydrogens is 393 g/mol. The molecule has 0 spiro atoms. The van der Waals surface area contributed by atoms with Crippen molar-refractivity contribution in [1.82, 2.24) is 0 Å². The first kappa shape index (κ1) is 31.8. The van der Waals surface area contributed by atoms with Crippen molar-refractivity contribution in [2.45, 2.75) is 78.4 Å². The molecule has 2 unspecified atom stereocenters. The van der Waals surface area contributed by atoms with Crippen LogP contribution in [0.15, 0.2) is 24.3 Å². The molecule has 0 heterocycles. The Bertz CT molecular complexity index is 547. The predicted molar refractivity (Wildman–Crippen MR) is 104 cm³/mol. The van der Waals surface area contributed by atoms with Gasteiger partial charge in [-0.15, -0.1) is 0 Å². The Labute approximate surface area is 188 Å². The fourth-order valence-electron chi connectivity index (χ4n) is 2.13. The third-order valence-electron chi connectivity index (χ3n) is 3.57. The molecule has 2 atom stereocenters. The summed E-state index contributed by atoms with van der Waals surface area (Å²) < 4.78 is 9.58. The number of hydrogen-bond donors (Lipinski definition) is 0. The van der Waals surface area contributed by atoms with E-state index >= 15 is 0 Å². The maximum atomic E-state index is 11.0. The standard InChI is InChI=1S/2C10H16O4.Mg/c2*1-4-6-8(11)14-10(3,7-5-2)9(12)13;/h2*4,6H,5,7H2,1-3H3,(H,12,13);/q;;+2/p-2. The van der Waals surface area contributed by atoms with Crippen LogP contribution in [0, 0.1) is 0 Å². The number of aliphatic carboxylic acids is 2. The van der Waals surface area contributed by atoms with Gasteiger partial charge >= 0.3 is 35.0 Å². The van der Waals surface area contributed by atoms with E-state index in [1.54, 1.807) is 13.8 Å². The molecule has 8 nitrogen and oxygen atoms in total. The van der Waals surface area contributed by atoms with Crippen molar-refractivity contribution in [2.24, 2.45) is 0 Å². The molecule has 0 amide bonds. The number of allylic oxidation sites excluding steroid dienone is 2. The Morgan fingerprint density at radius 2 is 1.03 bits per heavy atom. The predicted octanol–water partition coefficient (Wildman–Crippen LogP) is 0.448. The molecule has 0 N–H and O–H groups in total. The summed E-state index contributed by atoms with van der Waals surface area (Å²) >= 11 is 0. The van der Waals surface area contributed by atoms with Gasteiger partial charge in [-0.25, -0.2) is 9.59 Å². The van der Waals surface area contributed by atoms with Crippen molar-refractivity contribution in [3.05, 3.63) is 24.3 Å². The van der Waals surface area contributed by atoms with Crippen LogP contribution in [0.5, 0.6) is 0 Å². The number of ether oxygens (including phenoxy) is 2. The van der Waals surface area contributed by atoms with Gasteiger partial charge < -0.3 is 29.3 Å². The van der Waals surface area contributed by atoms with E-state index in [0.29, 0.717) is 12.8 Å². The first-order valence-corrected chi connectivity index (χ1v) is 9.06. The summed E-state index contributed by atoms with van der Waals surface area (Å²) in [6.45, 7) is 9.60. The number of rotatable bonds is 10. The molecule has 0 radical (unpaired) electrons. The van der Waals surface area contributed by atoms with E-state index in [1.807, 2.05) is 13.8 Å². The summed E-state index contributed by atoms with van der Waals surface area (Å²) in [5, 5.41) is 21.5. The summed E-state index contributed by atoms with van der Waals surface area (Å²) in [6.07, 6.45) is 7.04. The number of carboxylic acid groups (broad SMARTS) is 2. The normalized spacial score (nSPS) is 14.6. The van der Waals surface area contributed by atoms with Gasteiger partial charge in [-0.1, -0.05) is 38.8 Å². The minimum absolute atomic E-state index is 0. The smallest absolute Gasteiger partial charge is 0.546 e. The van der Waals surface area contributed by atoms with Gasteiger partial charge in [0.05, 0.1) is 11.9 Å². The molecule has 0 aromatic heterocycles. The Morgan fingerprint density at radius 3 is 1.21 bits per heavy atom. The molecular formula is C20H30MgO8. The van der Waals surface area contributed by atoms with E-state index < -0.39 is 35.1 Å². The zero-order valence-corrected chi connectivity index (χ0v) is 19.5. The van der Waals surface area contributed by atoms with Gasteiger partial charge in [-0.05, 0) is 40.5 Å². The second-order valence-corrected chi connectivity index (χ2v) is 6.38. The van der Waals surface area contributed by atoms with Gasteiger partial charge in [-0.2, -0.15) is 0 Å². The molecule has 0 aromatic carbocycles. The van der Waals surface area contributed by atoms with Crippen LogP contribution < -0.4 is 10.2 Å². The van der Waals surface area contributed by atoms with Crippen LogP contribution in [-0.4, -0.2) is 58.1 Å². The summed E-state index contributed by atoms with van der Waals surface area (Å²) in [5.41, 5.74) is -3.04. The van der Waals surface area contributed by atoms with E-state index in [0.717, 1.165) is 0 Å². The van der Waals surface area contributed by atoms with Gasteiger partial charge in [-0.3, -0.25) is 0 Å². The van der Waals surface area contributed by atoms with E-state index in [4.69, 9.17) is 9.47 Å². The minimum atomic E-state index is -1.52. The molecule has 29 heavy (non-hydrogen) atoms. The van der Waals surface area contributed by atoms with Crippen molar-refractivity contribution in [1.29, 1.82) is 0 Å². The fourth-order valence-corrected chi connectivity index (χ4v) is 2.13. The van der Waals surface area contributed by atoms with Crippen molar-refractivity contribution in [3.8, 4) is 0 Å². The second kappa shape index (κ2) is 16.0. The molecule has 0 saturated carbocycles. The van der Waals surface area contributed by atoms with Crippen molar-refractivity contribution in [2.75, 3.05) is 0 Å². The zero-order valence-electron chi connectivity index (χ0n) is 18.1. The molecule has 0 rings (SSSR count). The van der Waals surface area contributed by atoms with Crippen LogP contribution in [0.3, 0.4) is 0 Å². The topological polar surface area (TPSA) is 133 Å². The third-order valence-corrected chi connectivity index (χ3v) is 3.57. The van der Waals surface area contributed by atoms with E-state index in [9.17, 15) is 29.4 Å². The quantitative estimate of drug-likeness (QED) is 0.281. The number of carbonyl (C=O) groups excluding carboxylic acids is 4. The number of carbonyl (C=O) groups is 4. The van der Waals surface area contributed by atoms with Crippen LogP contribution in [0.2, 0.25) is 0 Å². The summed E-state index contributed by atoms with van der Waals surface area (Å²) in [7, 11) is 0. The maximum absolute atomic E-state index is 11.0. The van der Waals surface area contributed by atoms with E-state index in [-0.39, 0.29) is 35.9 Å². The van der Waals surface area contributed by atoms with Gasteiger partial charge in [0.1, 0.15) is 11.2 Å². The molecule has 0 aliphatic heterocycles. The zero-order chi connectivity index (χ0) is 22.4. The van der Waals surface area contributed by atoms with Crippen LogP contribution in [0.4, 0.5) is 0 Å². The number of esters is 2. The van der Waals surface area contributed by atoms with E-state index in [1.165, 1.54) is 38.2 Å².